The molecule has 0 saturated carbocycles. The molecule has 4 aromatic carbocycles. The van der Waals surface area contributed by atoms with E-state index in [1.165, 1.54) is 0 Å². The van der Waals surface area contributed by atoms with E-state index in [4.69, 9.17) is 9.40 Å². The van der Waals surface area contributed by atoms with Crippen LogP contribution in [-0.2, 0) is 0 Å². The monoisotopic (exact) mass is 422 g/mol. The van der Waals surface area contributed by atoms with E-state index in [9.17, 15) is 5.11 Å². The highest BCUT2D eigenvalue weighted by Crippen LogP contribution is 2.40. The van der Waals surface area contributed by atoms with Gasteiger partial charge in [-0.3, -0.25) is 0 Å². The molecule has 6 rings (SSSR count). The molecule has 1 atom stereocenters. The summed E-state index contributed by atoms with van der Waals surface area (Å²) in [4.78, 5) is 4.75. The quantitative estimate of drug-likeness (QED) is 0.318. The predicted molar refractivity (Wildman–Crippen MR) is 127 cm³/mol. The van der Waals surface area contributed by atoms with Crippen LogP contribution < -0.4 is 5.32 Å². The maximum atomic E-state index is 10.9. The van der Waals surface area contributed by atoms with Crippen LogP contribution in [-0.4, -0.2) is 10.1 Å². The Labute approximate surface area is 182 Å². The minimum atomic E-state index is -0.404. The third-order valence-corrected chi connectivity index (χ3v) is 6.49. The summed E-state index contributed by atoms with van der Waals surface area (Å²) in [6.07, 6.45) is 0. The summed E-state index contributed by atoms with van der Waals surface area (Å²) in [6.45, 7) is 0. The van der Waals surface area contributed by atoms with Crippen LogP contribution in [0.2, 0.25) is 0 Å². The van der Waals surface area contributed by atoms with Gasteiger partial charge >= 0.3 is 0 Å². The Hall–Kier alpha value is -3.83. The second-order valence-corrected chi connectivity index (χ2v) is 8.50. The molecule has 0 saturated heterocycles. The molecule has 0 aliphatic heterocycles. The normalized spacial score (nSPS) is 12.5. The molecule has 0 aliphatic rings. The van der Waals surface area contributed by atoms with Crippen molar-refractivity contribution in [3.8, 4) is 5.75 Å². The van der Waals surface area contributed by atoms with Crippen LogP contribution in [0.1, 0.15) is 17.4 Å². The van der Waals surface area contributed by atoms with Crippen molar-refractivity contribution in [1.29, 1.82) is 0 Å². The molecule has 6 aromatic rings. The Bertz CT molecular complexity index is 1480. The smallest absolute Gasteiger partial charge is 0.184 e. The van der Waals surface area contributed by atoms with Gasteiger partial charge < -0.3 is 14.8 Å². The molecule has 150 valence electrons. The highest BCUT2D eigenvalue weighted by Gasteiger charge is 2.25. The number of benzene rings is 4. The maximum absolute atomic E-state index is 10.9. The average Bonchev–Trinajstić information content (AvgIpc) is 3.41. The minimum absolute atomic E-state index is 0.220. The lowest BCUT2D eigenvalue weighted by Crippen LogP contribution is -2.12. The number of nitrogens with one attached hydrogen (secondary N) is 1. The number of rotatable bonds is 4. The first-order valence-electron chi connectivity index (χ1n) is 10.1. The van der Waals surface area contributed by atoms with E-state index >= 15 is 0 Å². The molecule has 2 aromatic heterocycles. The lowest BCUT2D eigenvalue weighted by atomic mass is 9.96. The number of aromatic hydroxyl groups is 1. The summed E-state index contributed by atoms with van der Waals surface area (Å²) in [5, 5.41) is 18.3. The van der Waals surface area contributed by atoms with Crippen molar-refractivity contribution < 1.29 is 9.52 Å². The van der Waals surface area contributed by atoms with Gasteiger partial charge in [0, 0.05) is 10.9 Å². The number of aromatic nitrogens is 1. The Balaban J connectivity index is 1.56. The second-order valence-electron chi connectivity index (χ2n) is 7.47. The van der Waals surface area contributed by atoms with E-state index in [1.54, 1.807) is 17.4 Å². The summed E-state index contributed by atoms with van der Waals surface area (Å²) in [5.41, 5.74) is 2.53. The number of anilines is 1. The van der Waals surface area contributed by atoms with E-state index in [0.717, 1.165) is 48.4 Å². The largest absolute Gasteiger partial charge is 0.508 e. The van der Waals surface area contributed by atoms with Crippen LogP contribution >= 0.6 is 11.3 Å². The van der Waals surface area contributed by atoms with Crippen LogP contribution in [0, 0.1) is 0 Å². The summed E-state index contributed by atoms with van der Waals surface area (Å²) in [6, 6.07) is 29.4. The van der Waals surface area contributed by atoms with Crippen molar-refractivity contribution in [3.05, 3.63) is 102 Å². The number of phenols is 1. The molecular weight excluding hydrogens is 404 g/mol. The molecule has 2 heterocycles. The molecule has 5 heteroatoms. The molecule has 4 nitrogen and oxygen atoms in total. The van der Waals surface area contributed by atoms with E-state index < -0.39 is 6.04 Å². The summed E-state index contributed by atoms with van der Waals surface area (Å²) in [5.74, 6) is 0.949. The molecule has 2 N–H and O–H groups in total. The summed E-state index contributed by atoms with van der Waals surface area (Å²) >= 11 is 1.59. The van der Waals surface area contributed by atoms with E-state index in [-0.39, 0.29) is 5.75 Å². The molecule has 0 spiro atoms. The maximum Gasteiger partial charge on any atom is 0.184 e. The van der Waals surface area contributed by atoms with Gasteiger partial charge in [-0.2, -0.15) is 0 Å². The Kier molecular flexibility index (Phi) is 4.14. The van der Waals surface area contributed by atoms with E-state index in [1.807, 2.05) is 78.9 Å². The number of phenolic OH excluding ortho intramolecular Hbond substituents is 1. The Morgan fingerprint density at radius 2 is 1.61 bits per heavy atom. The number of hydrogen-bond acceptors (Lipinski definition) is 5. The van der Waals surface area contributed by atoms with Gasteiger partial charge in [-0.1, -0.05) is 72.0 Å². The Morgan fingerprint density at radius 3 is 2.48 bits per heavy atom. The molecular formula is C26H18N2O2S. The van der Waals surface area contributed by atoms with Gasteiger partial charge in [0.1, 0.15) is 23.1 Å². The number of fused-ring (bicyclic) bond motifs is 3. The van der Waals surface area contributed by atoms with Crippen molar-refractivity contribution in [3.63, 3.8) is 0 Å². The van der Waals surface area contributed by atoms with Crippen molar-refractivity contribution in [1.82, 2.24) is 4.98 Å². The molecule has 0 aliphatic carbocycles. The van der Waals surface area contributed by atoms with Crippen molar-refractivity contribution >= 4 is 48.4 Å². The molecule has 0 radical (unpaired) electrons. The third kappa shape index (κ3) is 3.10. The van der Waals surface area contributed by atoms with Gasteiger partial charge in [0.25, 0.3) is 0 Å². The Morgan fingerprint density at radius 1 is 0.839 bits per heavy atom. The highest BCUT2D eigenvalue weighted by atomic mass is 32.1. The van der Waals surface area contributed by atoms with Crippen LogP contribution in [0.3, 0.4) is 0 Å². The first-order chi connectivity index (χ1) is 15.3. The van der Waals surface area contributed by atoms with Crippen LogP contribution in [0.5, 0.6) is 5.75 Å². The zero-order valence-electron chi connectivity index (χ0n) is 16.4. The van der Waals surface area contributed by atoms with Gasteiger partial charge in [-0.25, -0.2) is 4.98 Å². The predicted octanol–water partition coefficient (Wildman–Crippen LogP) is 7.10. The van der Waals surface area contributed by atoms with Crippen LogP contribution in [0.25, 0.3) is 32.0 Å². The fraction of sp³-hybridized carbons (Fsp3) is 0.0385. The van der Waals surface area contributed by atoms with Crippen molar-refractivity contribution in [2.75, 3.05) is 5.32 Å². The fourth-order valence-corrected chi connectivity index (χ4v) is 4.97. The number of thiazole rings is 1. The van der Waals surface area contributed by atoms with E-state index in [0.29, 0.717) is 0 Å². The number of nitrogens with zero attached hydrogens (tertiary/aromatic N) is 1. The summed E-state index contributed by atoms with van der Waals surface area (Å²) in [7, 11) is 0. The van der Waals surface area contributed by atoms with Gasteiger partial charge in [-0.15, -0.1) is 0 Å². The molecule has 0 bridgehead atoms. The van der Waals surface area contributed by atoms with Gasteiger partial charge in [0.05, 0.1) is 10.2 Å². The average molecular weight is 423 g/mol. The highest BCUT2D eigenvalue weighted by molar-refractivity contribution is 7.22. The van der Waals surface area contributed by atoms with Crippen molar-refractivity contribution in [2.45, 2.75) is 6.04 Å². The lowest BCUT2D eigenvalue weighted by molar-refractivity contribution is 0.461. The van der Waals surface area contributed by atoms with E-state index in [2.05, 4.69) is 11.4 Å². The summed E-state index contributed by atoms with van der Waals surface area (Å²) < 4.78 is 7.34. The van der Waals surface area contributed by atoms with Crippen molar-refractivity contribution in [2.24, 2.45) is 0 Å². The molecule has 0 fully saturated rings. The number of furan rings is 1. The topological polar surface area (TPSA) is 58.3 Å². The SMILES string of the molecule is Oc1ccc2ccccc2c1C(Nc1nc2ccccc2s1)c1cc2ccccc2o1. The lowest BCUT2D eigenvalue weighted by Gasteiger charge is -2.20. The fourth-order valence-electron chi connectivity index (χ4n) is 4.08. The standard InChI is InChI=1S/C26H18N2O2S/c29-20-14-13-16-7-1-3-9-18(16)24(20)25(22-15-17-8-2-5-11-21(17)30-22)28-26-27-19-10-4-6-12-23(19)31-26/h1-15,25,29H,(H,27,28). The molecule has 1 unspecified atom stereocenters. The zero-order chi connectivity index (χ0) is 20.8. The van der Waals surface area contributed by atoms with Crippen LogP contribution in [0.4, 0.5) is 5.13 Å². The molecule has 31 heavy (non-hydrogen) atoms. The van der Waals surface area contributed by atoms with Gasteiger partial charge in [0.2, 0.25) is 0 Å². The van der Waals surface area contributed by atoms with Gasteiger partial charge in [-0.05, 0) is 41.1 Å². The molecule has 0 amide bonds. The number of hydrogen-bond donors (Lipinski definition) is 2. The third-order valence-electron chi connectivity index (χ3n) is 5.53. The minimum Gasteiger partial charge on any atom is -0.508 e. The van der Waals surface area contributed by atoms with Gasteiger partial charge in [0.15, 0.2) is 5.13 Å². The van der Waals surface area contributed by atoms with Crippen LogP contribution in [0.15, 0.2) is 95.4 Å². The number of para-hydroxylation sites is 2. The first-order valence-corrected chi connectivity index (χ1v) is 10.9. The second kappa shape index (κ2) is 7.15. The zero-order valence-corrected chi connectivity index (χ0v) is 17.3. The first kappa shape index (κ1) is 18.0.